The van der Waals surface area contributed by atoms with Crippen LogP contribution in [0.4, 0.5) is 5.69 Å². The predicted octanol–water partition coefficient (Wildman–Crippen LogP) is 4.86. The fraction of sp³-hybridized carbons (Fsp3) is 0.231. The van der Waals surface area contributed by atoms with Gasteiger partial charge in [-0.05, 0) is 61.2 Å². The van der Waals surface area contributed by atoms with Gasteiger partial charge in [-0.3, -0.25) is 9.59 Å². The first-order chi connectivity index (χ1) is 14.5. The molecule has 0 radical (unpaired) electrons. The summed E-state index contributed by atoms with van der Waals surface area (Å²) in [6.07, 6.45) is 1.76. The molecule has 0 aliphatic carbocycles. The van der Waals surface area contributed by atoms with Crippen molar-refractivity contribution in [3.63, 3.8) is 0 Å². The van der Waals surface area contributed by atoms with Gasteiger partial charge >= 0.3 is 0 Å². The Hall–Kier alpha value is -3.40. The molecule has 0 N–H and O–H groups in total. The molecule has 0 saturated carbocycles. The summed E-state index contributed by atoms with van der Waals surface area (Å²) >= 11 is 0. The van der Waals surface area contributed by atoms with Crippen LogP contribution in [0, 0.1) is 6.92 Å². The molecular formula is C26H26N2O2. The van der Waals surface area contributed by atoms with Gasteiger partial charge in [0.15, 0.2) is 0 Å². The lowest BCUT2D eigenvalue weighted by Crippen LogP contribution is -2.35. The average Bonchev–Trinajstić information content (AvgIpc) is 2.78. The molecule has 0 saturated heterocycles. The van der Waals surface area contributed by atoms with Crippen LogP contribution in [0.5, 0.6) is 0 Å². The van der Waals surface area contributed by atoms with E-state index in [9.17, 15) is 9.59 Å². The third-order valence-corrected chi connectivity index (χ3v) is 5.56. The molecule has 4 heteroatoms. The maximum atomic E-state index is 13.1. The highest BCUT2D eigenvalue weighted by Crippen LogP contribution is 2.30. The van der Waals surface area contributed by atoms with Crippen molar-refractivity contribution in [3.05, 3.63) is 101 Å². The molecule has 0 bridgehead atoms. The van der Waals surface area contributed by atoms with E-state index in [2.05, 4.69) is 0 Å². The summed E-state index contributed by atoms with van der Waals surface area (Å²) in [6.45, 7) is 3.25. The smallest absolute Gasteiger partial charge is 0.258 e. The van der Waals surface area contributed by atoms with Gasteiger partial charge in [-0.2, -0.15) is 0 Å². The van der Waals surface area contributed by atoms with Crippen LogP contribution in [0.3, 0.4) is 0 Å². The summed E-state index contributed by atoms with van der Waals surface area (Å²) in [7, 11) is 1.82. The van der Waals surface area contributed by atoms with Crippen molar-refractivity contribution in [2.24, 2.45) is 0 Å². The van der Waals surface area contributed by atoms with Crippen molar-refractivity contribution in [3.8, 4) is 0 Å². The molecule has 0 atom stereocenters. The Bertz CT molecular complexity index is 1080. The number of carbonyl (C=O) groups excluding carboxylic acids is 2. The number of fused-ring (bicyclic) bond motifs is 1. The zero-order valence-corrected chi connectivity index (χ0v) is 17.5. The van der Waals surface area contributed by atoms with E-state index in [0.717, 1.165) is 35.2 Å². The number of carbonyl (C=O) groups is 2. The number of rotatable bonds is 4. The van der Waals surface area contributed by atoms with Gasteiger partial charge in [0.25, 0.3) is 11.8 Å². The van der Waals surface area contributed by atoms with Crippen molar-refractivity contribution in [1.29, 1.82) is 0 Å². The van der Waals surface area contributed by atoms with E-state index in [0.29, 0.717) is 24.2 Å². The standard InChI is InChI=1S/C26H26N2O2/c1-19-8-6-11-22(16-19)26(30)28-15-7-12-21-17-23(13-14-24(21)28)25(29)27(2)18-20-9-4-3-5-10-20/h3-6,8-11,13-14,16-17H,7,12,15,18H2,1-2H3. The Morgan fingerprint density at radius 2 is 1.73 bits per heavy atom. The Kier molecular flexibility index (Phi) is 5.66. The minimum atomic E-state index is -0.0104. The number of nitrogens with zero attached hydrogens (tertiary/aromatic N) is 2. The Balaban J connectivity index is 1.55. The molecule has 30 heavy (non-hydrogen) atoms. The summed E-state index contributed by atoms with van der Waals surface area (Å²) in [5.74, 6) is 0.00343. The summed E-state index contributed by atoms with van der Waals surface area (Å²) in [5.41, 5.74) is 5.50. The van der Waals surface area contributed by atoms with Crippen LogP contribution in [0.1, 0.15) is 43.8 Å². The molecule has 152 valence electrons. The number of hydrogen-bond donors (Lipinski definition) is 0. The number of aryl methyl sites for hydroxylation is 2. The van der Waals surface area contributed by atoms with E-state index in [1.165, 1.54) is 0 Å². The molecule has 3 aromatic rings. The second-order valence-electron chi connectivity index (χ2n) is 7.92. The lowest BCUT2D eigenvalue weighted by Gasteiger charge is -2.30. The van der Waals surface area contributed by atoms with E-state index in [4.69, 9.17) is 0 Å². The molecule has 2 amide bonds. The van der Waals surface area contributed by atoms with Crippen LogP contribution in [0.25, 0.3) is 0 Å². The normalized spacial score (nSPS) is 12.9. The fourth-order valence-electron chi connectivity index (χ4n) is 4.02. The number of amides is 2. The molecular weight excluding hydrogens is 372 g/mol. The van der Waals surface area contributed by atoms with Gasteiger partial charge in [-0.15, -0.1) is 0 Å². The largest absolute Gasteiger partial charge is 0.337 e. The molecule has 1 heterocycles. The van der Waals surface area contributed by atoms with Crippen molar-refractivity contribution in [2.75, 3.05) is 18.5 Å². The van der Waals surface area contributed by atoms with E-state index >= 15 is 0 Å². The van der Waals surface area contributed by atoms with E-state index in [1.54, 1.807) is 4.90 Å². The summed E-state index contributed by atoms with van der Waals surface area (Å²) < 4.78 is 0. The molecule has 0 aromatic heterocycles. The lowest BCUT2D eigenvalue weighted by atomic mass is 9.97. The molecule has 3 aromatic carbocycles. The highest BCUT2D eigenvalue weighted by atomic mass is 16.2. The topological polar surface area (TPSA) is 40.6 Å². The number of benzene rings is 3. The molecule has 1 aliphatic heterocycles. The van der Waals surface area contributed by atoms with Gasteiger partial charge in [-0.25, -0.2) is 0 Å². The second-order valence-corrected chi connectivity index (χ2v) is 7.92. The third-order valence-electron chi connectivity index (χ3n) is 5.56. The molecule has 4 nitrogen and oxygen atoms in total. The van der Waals surface area contributed by atoms with Gasteiger partial charge in [0, 0.05) is 37.0 Å². The molecule has 0 fully saturated rings. The molecule has 0 unspecified atom stereocenters. The summed E-state index contributed by atoms with van der Waals surface area (Å²) in [5, 5.41) is 0. The average molecular weight is 399 g/mol. The van der Waals surface area contributed by atoms with Crippen LogP contribution in [-0.4, -0.2) is 30.3 Å². The monoisotopic (exact) mass is 398 g/mol. The first-order valence-corrected chi connectivity index (χ1v) is 10.3. The van der Waals surface area contributed by atoms with Gasteiger partial charge < -0.3 is 9.80 Å². The van der Waals surface area contributed by atoms with Crippen molar-refractivity contribution in [1.82, 2.24) is 4.90 Å². The van der Waals surface area contributed by atoms with E-state index < -0.39 is 0 Å². The SMILES string of the molecule is Cc1cccc(C(=O)N2CCCc3cc(C(=O)N(C)Cc4ccccc4)ccc32)c1. The van der Waals surface area contributed by atoms with Crippen molar-refractivity contribution >= 4 is 17.5 Å². The summed E-state index contributed by atoms with van der Waals surface area (Å²) in [6, 6.07) is 23.4. The zero-order chi connectivity index (χ0) is 21.1. The Morgan fingerprint density at radius 3 is 2.50 bits per heavy atom. The Morgan fingerprint density at radius 1 is 0.933 bits per heavy atom. The first kappa shape index (κ1) is 19.9. The van der Waals surface area contributed by atoms with Crippen LogP contribution >= 0.6 is 0 Å². The molecule has 4 rings (SSSR count). The second kappa shape index (κ2) is 8.54. The van der Waals surface area contributed by atoms with Crippen LogP contribution in [-0.2, 0) is 13.0 Å². The van der Waals surface area contributed by atoms with E-state index in [-0.39, 0.29) is 11.8 Å². The third kappa shape index (κ3) is 4.13. The van der Waals surface area contributed by atoms with Crippen LogP contribution < -0.4 is 4.90 Å². The Labute approximate surface area is 177 Å². The maximum absolute atomic E-state index is 13.1. The maximum Gasteiger partial charge on any atom is 0.258 e. The zero-order valence-electron chi connectivity index (χ0n) is 17.5. The molecule has 1 aliphatic rings. The number of anilines is 1. The van der Waals surface area contributed by atoms with E-state index in [1.807, 2.05) is 91.7 Å². The molecule has 0 spiro atoms. The minimum Gasteiger partial charge on any atom is -0.337 e. The predicted molar refractivity (Wildman–Crippen MR) is 120 cm³/mol. The van der Waals surface area contributed by atoms with Gasteiger partial charge in [-0.1, -0.05) is 48.0 Å². The number of hydrogen-bond acceptors (Lipinski definition) is 2. The summed E-state index contributed by atoms with van der Waals surface area (Å²) in [4.78, 5) is 29.6. The first-order valence-electron chi connectivity index (χ1n) is 10.3. The minimum absolute atomic E-state index is 0.0104. The highest BCUT2D eigenvalue weighted by molar-refractivity contribution is 6.07. The van der Waals surface area contributed by atoms with Crippen LogP contribution in [0.2, 0.25) is 0 Å². The van der Waals surface area contributed by atoms with Crippen LogP contribution in [0.15, 0.2) is 72.8 Å². The highest BCUT2D eigenvalue weighted by Gasteiger charge is 2.25. The fourth-order valence-corrected chi connectivity index (χ4v) is 4.02. The lowest BCUT2D eigenvalue weighted by molar-refractivity contribution is 0.0785. The van der Waals surface area contributed by atoms with Gasteiger partial charge in [0.05, 0.1) is 0 Å². The quantitative estimate of drug-likeness (QED) is 0.630. The van der Waals surface area contributed by atoms with Crippen molar-refractivity contribution in [2.45, 2.75) is 26.3 Å². The van der Waals surface area contributed by atoms with Crippen molar-refractivity contribution < 1.29 is 9.59 Å². The van der Waals surface area contributed by atoms with Gasteiger partial charge in [0.2, 0.25) is 0 Å². The van der Waals surface area contributed by atoms with Gasteiger partial charge in [0.1, 0.15) is 0 Å².